The normalized spacial score (nSPS) is 12.0. The Balaban J connectivity index is 4.34. The molecule has 0 saturated heterocycles. The SMILES string of the molecule is CCCCCCC/C=C\CCCCCCCC(=O)OCC(COC(=O)CCCCCCCCCCCCCCC)OC(=O)CCCCCCCCCCCCCCC. The van der Waals surface area contributed by atoms with E-state index in [1.165, 1.54) is 180 Å². The molecule has 0 bridgehead atoms. The molecule has 0 rings (SSSR count). The van der Waals surface area contributed by atoms with Crippen LogP contribution < -0.4 is 0 Å². The molecular weight excluding hydrogens is 721 g/mol. The highest BCUT2D eigenvalue weighted by Crippen LogP contribution is 2.16. The van der Waals surface area contributed by atoms with Crippen molar-refractivity contribution in [3.63, 3.8) is 0 Å². The molecule has 58 heavy (non-hydrogen) atoms. The van der Waals surface area contributed by atoms with E-state index < -0.39 is 6.10 Å². The van der Waals surface area contributed by atoms with E-state index >= 15 is 0 Å². The summed E-state index contributed by atoms with van der Waals surface area (Å²) >= 11 is 0. The second-order valence-electron chi connectivity index (χ2n) is 17.4. The first-order chi connectivity index (χ1) is 28.5. The van der Waals surface area contributed by atoms with Crippen molar-refractivity contribution in [2.24, 2.45) is 0 Å². The molecule has 6 nitrogen and oxygen atoms in total. The van der Waals surface area contributed by atoms with Crippen molar-refractivity contribution in [2.75, 3.05) is 13.2 Å². The van der Waals surface area contributed by atoms with E-state index in [-0.39, 0.29) is 31.1 Å². The Hall–Kier alpha value is -1.85. The van der Waals surface area contributed by atoms with Gasteiger partial charge in [-0.25, -0.2) is 0 Å². The van der Waals surface area contributed by atoms with Gasteiger partial charge in [-0.15, -0.1) is 0 Å². The lowest BCUT2D eigenvalue weighted by molar-refractivity contribution is -0.167. The molecule has 0 amide bonds. The van der Waals surface area contributed by atoms with Crippen LogP contribution in [0.15, 0.2) is 12.2 Å². The van der Waals surface area contributed by atoms with Gasteiger partial charge in [-0.2, -0.15) is 0 Å². The highest BCUT2D eigenvalue weighted by Gasteiger charge is 2.19. The Bertz CT molecular complexity index is 900. The number of unbranched alkanes of at least 4 members (excludes halogenated alkanes) is 34. The molecule has 1 atom stereocenters. The third-order valence-corrected chi connectivity index (χ3v) is 11.5. The molecule has 1 unspecified atom stereocenters. The number of hydrogen-bond donors (Lipinski definition) is 0. The standard InChI is InChI=1S/C52H98O6/c1-4-7-10-13-16-19-22-25-28-30-33-36-39-42-45-51(54)57-48-49(58-52(55)46-43-40-37-34-31-27-24-21-18-15-12-9-6-3)47-56-50(53)44-41-38-35-32-29-26-23-20-17-14-11-8-5-2/h22,25,49H,4-21,23-24,26-48H2,1-3H3/b25-22-. The van der Waals surface area contributed by atoms with Gasteiger partial charge in [0, 0.05) is 19.3 Å². The summed E-state index contributed by atoms with van der Waals surface area (Å²) < 4.78 is 16.8. The molecule has 0 heterocycles. The van der Waals surface area contributed by atoms with Crippen LogP contribution in [0.3, 0.4) is 0 Å². The fraction of sp³-hybridized carbons (Fsp3) is 0.904. The Morgan fingerprint density at radius 2 is 0.569 bits per heavy atom. The molecule has 0 aromatic rings. The molecule has 0 aromatic heterocycles. The van der Waals surface area contributed by atoms with Crippen molar-refractivity contribution >= 4 is 17.9 Å². The first-order valence-corrected chi connectivity index (χ1v) is 25.7. The molecule has 0 saturated carbocycles. The van der Waals surface area contributed by atoms with Crippen LogP contribution in [-0.2, 0) is 28.6 Å². The van der Waals surface area contributed by atoms with E-state index in [0.717, 1.165) is 64.2 Å². The zero-order chi connectivity index (χ0) is 42.3. The van der Waals surface area contributed by atoms with Gasteiger partial charge in [0.1, 0.15) is 13.2 Å². The predicted molar refractivity (Wildman–Crippen MR) is 247 cm³/mol. The predicted octanol–water partition coefficient (Wildman–Crippen LogP) is 16.6. The van der Waals surface area contributed by atoms with E-state index in [0.29, 0.717) is 19.3 Å². The van der Waals surface area contributed by atoms with E-state index in [1.54, 1.807) is 0 Å². The van der Waals surface area contributed by atoms with Gasteiger partial charge in [0.25, 0.3) is 0 Å². The van der Waals surface area contributed by atoms with E-state index in [4.69, 9.17) is 14.2 Å². The van der Waals surface area contributed by atoms with Gasteiger partial charge in [-0.1, -0.05) is 232 Å². The molecule has 0 N–H and O–H groups in total. The van der Waals surface area contributed by atoms with Gasteiger partial charge >= 0.3 is 17.9 Å². The fourth-order valence-corrected chi connectivity index (χ4v) is 7.61. The van der Waals surface area contributed by atoms with Gasteiger partial charge in [0.2, 0.25) is 0 Å². The number of carbonyl (C=O) groups is 3. The van der Waals surface area contributed by atoms with Crippen LogP contribution in [0.2, 0.25) is 0 Å². The molecule has 6 heteroatoms. The number of ether oxygens (including phenoxy) is 3. The second kappa shape index (κ2) is 47.8. The zero-order valence-corrected chi connectivity index (χ0v) is 39.1. The van der Waals surface area contributed by atoms with Crippen LogP contribution >= 0.6 is 0 Å². The van der Waals surface area contributed by atoms with Crippen LogP contribution in [0, 0.1) is 0 Å². The maximum atomic E-state index is 12.8. The Morgan fingerprint density at radius 1 is 0.328 bits per heavy atom. The molecule has 0 aliphatic rings. The zero-order valence-electron chi connectivity index (χ0n) is 39.1. The molecule has 0 fully saturated rings. The largest absolute Gasteiger partial charge is 0.462 e. The van der Waals surface area contributed by atoms with Crippen molar-refractivity contribution < 1.29 is 28.6 Å². The van der Waals surface area contributed by atoms with Gasteiger partial charge in [-0.05, 0) is 44.9 Å². The lowest BCUT2D eigenvalue weighted by Gasteiger charge is -2.18. The Morgan fingerprint density at radius 3 is 0.862 bits per heavy atom. The number of allylic oxidation sites excluding steroid dienone is 2. The van der Waals surface area contributed by atoms with Crippen LogP contribution in [0.5, 0.6) is 0 Å². The first-order valence-electron chi connectivity index (χ1n) is 25.7. The third-order valence-electron chi connectivity index (χ3n) is 11.5. The average molecular weight is 819 g/mol. The molecule has 342 valence electrons. The summed E-state index contributed by atoms with van der Waals surface area (Å²) in [6.45, 7) is 6.65. The van der Waals surface area contributed by atoms with Crippen molar-refractivity contribution in [1.82, 2.24) is 0 Å². The summed E-state index contributed by atoms with van der Waals surface area (Å²) in [5.74, 6) is -0.860. The van der Waals surface area contributed by atoms with E-state index in [1.807, 2.05) is 0 Å². The van der Waals surface area contributed by atoms with Crippen molar-refractivity contribution in [3.05, 3.63) is 12.2 Å². The van der Waals surface area contributed by atoms with Crippen LogP contribution in [0.25, 0.3) is 0 Å². The van der Waals surface area contributed by atoms with Crippen molar-refractivity contribution in [2.45, 2.75) is 290 Å². The second-order valence-corrected chi connectivity index (χ2v) is 17.4. The Kier molecular flexibility index (Phi) is 46.3. The topological polar surface area (TPSA) is 78.9 Å². The monoisotopic (exact) mass is 819 g/mol. The van der Waals surface area contributed by atoms with Gasteiger partial charge in [-0.3, -0.25) is 14.4 Å². The smallest absolute Gasteiger partial charge is 0.306 e. The first kappa shape index (κ1) is 56.1. The van der Waals surface area contributed by atoms with Crippen LogP contribution in [0.1, 0.15) is 284 Å². The highest BCUT2D eigenvalue weighted by molar-refractivity contribution is 5.71. The van der Waals surface area contributed by atoms with Crippen molar-refractivity contribution in [3.8, 4) is 0 Å². The maximum absolute atomic E-state index is 12.8. The minimum atomic E-state index is -0.765. The van der Waals surface area contributed by atoms with Gasteiger partial charge in [0.15, 0.2) is 6.10 Å². The molecule has 0 aliphatic carbocycles. The summed E-state index contributed by atoms with van der Waals surface area (Å²) in [6, 6.07) is 0. The molecule has 0 aromatic carbocycles. The summed E-state index contributed by atoms with van der Waals surface area (Å²) in [6.07, 6.45) is 51.9. The minimum absolute atomic E-state index is 0.0673. The quantitative estimate of drug-likeness (QED) is 0.0263. The average Bonchev–Trinajstić information content (AvgIpc) is 3.22. The minimum Gasteiger partial charge on any atom is -0.462 e. The highest BCUT2D eigenvalue weighted by atomic mass is 16.6. The molecular formula is C52H98O6. The number of esters is 3. The lowest BCUT2D eigenvalue weighted by atomic mass is 10.0. The van der Waals surface area contributed by atoms with Crippen LogP contribution in [0.4, 0.5) is 0 Å². The van der Waals surface area contributed by atoms with Gasteiger partial charge in [0.05, 0.1) is 0 Å². The number of rotatable bonds is 47. The number of carbonyl (C=O) groups excluding carboxylic acids is 3. The summed E-state index contributed by atoms with van der Waals surface area (Å²) in [5, 5.41) is 0. The lowest BCUT2D eigenvalue weighted by Crippen LogP contribution is -2.30. The van der Waals surface area contributed by atoms with Gasteiger partial charge < -0.3 is 14.2 Å². The van der Waals surface area contributed by atoms with Crippen molar-refractivity contribution in [1.29, 1.82) is 0 Å². The van der Waals surface area contributed by atoms with Crippen LogP contribution in [-0.4, -0.2) is 37.2 Å². The summed E-state index contributed by atoms with van der Waals surface area (Å²) in [7, 11) is 0. The van der Waals surface area contributed by atoms with E-state index in [2.05, 4.69) is 32.9 Å². The fourth-order valence-electron chi connectivity index (χ4n) is 7.61. The van der Waals surface area contributed by atoms with E-state index in [9.17, 15) is 14.4 Å². The third kappa shape index (κ3) is 45.2. The number of hydrogen-bond acceptors (Lipinski definition) is 6. The maximum Gasteiger partial charge on any atom is 0.306 e. The molecule has 0 radical (unpaired) electrons. The Labute approximate surface area is 360 Å². The summed E-state index contributed by atoms with van der Waals surface area (Å²) in [5.41, 5.74) is 0. The summed E-state index contributed by atoms with van der Waals surface area (Å²) in [4.78, 5) is 37.9. The molecule has 0 spiro atoms. The molecule has 0 aliphatic heterocycles.